The predicted octanol–water partition coefficient (Wildman–Crippen LogP) is 1.63. The van der Waals surface area contributed by atoms with E-state index in [4.69, 9.17) is 4.84 Å². The van der Waals surface area contributed by atoms with Crippen LogP contribution in [0.1, 0.15) is 34.6 Å². The van der Waals surface area contributed by atoms with Gasteiger partial charge in [0.25, 0.3) is 0 Å². The van der Waals surface area contributed by atoms with E-state index in [2.05, 4.69) is 0 Å². The van der Waals surface area contributed by atoms with E-state index in [1.807, 2.05) is 27.8 Å². The van der Waals surface area contributed by atoms with Crippen molar-refractivity contribution in [3.05, 3.63) is 0 Å². The molecule has 72 valence electrons. The molecule has 1 unspecified atom stereocenters. The minimum atomic E-state index is -0.353. The number of hydroxylamine groups is 2. The third-order valence-corrected chi connectivity index (χ3v) is 1.83. The highest BCUT2D eigenvalue weighted by molar-refractivity contribution is 5.79. The molecule has 0 heterocycles. The van der Waals surface area contributed by atoms with Crippen molar-refractivity contribution in [2.45, 2.75) is 46.3 Å². The van der Waals surface area contributed by atoms with Crippen molar-refractivity contribution in [2.75, 3.05) is 7.05 Å². The molecule has 0 aromatic rings. The number of Topliss-reactive ketones (excluding diaryl/α,β-unsaturated/α-hetero) is 1. The lowest BCUT2D eigenvalue weighted by atomic mass is 10.1. The summed E-state index contributed by atoms with van der Waals surface area (Å²) < 4.78 is 0. The van der Waals surface area contributed by atoms with Gasteiger partial charge in [-0.1, -0.05) is 0 Å². The third kappa shape index (κ3) is 3.83. The van der Waals surface area contributed by atoms with Crippen LogP contribution in [-0.4, -0.2) is 29.5 Å². The molecular weight excluding hydrogens is 154 g/mol. The Morgan fingerprint density at radius 3 is 2.08 bits per heavy atom. The molecule has 0 amide bonds. The van der Waals surface area contributed by atoms with Gasteiger partial charge >= 0.3 is 0 Å². The van der Waals surface area contributed by atoms with Crippen LogP contribution in [0, 0.1) is 0 Å². The summed E-state index contributed by atoms with van der Waals surface area (Å²) in [6, 6.07) is 0. The van der Waals surface area contributed by atoms with Gasteiger partial charge < -0.3 is 0 Å². The average molecular weight is 173 g/mol. The van der Waals surface area contributed by atoms with Crippen LogP contribution in [0.3, 0.4) is 0 Å². The summed E-state index contributed by atoms with van der Waals surface area (Å²) in [4.78, 5) is 16.2. The Balaban J connectivity index is 4.01. The maximum atomic E-state index is 10.9. The minimum Gasteiger partial charge on any atom is -0.297 e. The summed E-state index contributed by atoms with van der Waals surface area (Å²) in [6.07, 6.45) is -0.353. The molecule has 0 fully saturated rings. The number of carbonyl (C=O) groups excluding carboxylic acids is 1. The molecule has 0 N–H and O–H groups in total. The van der Waals surface area contributed by atoms with Crippen LogP contribution in [0.2, 0.25) is 0 Å². The van der Waals surface area contributed by atoms with E-state index in [-0.39, 0.29) is 17.4 Å². The van der Waals surface area contributed by atoms with Crippen molar-refractivity contribution in [1.82, 2.24) is 5.06 Å². The lowest BCUT2D eigenvalue weighted by molar-refractivity contribution is -0.218. The number of nitrogens with zero attached hydrogens (tertiary/aromatic N) is 1. The van der Waals surface area contributed by atoms with E-state index >= 15 is 0 Å². The average Bonchev–Trinajstić information content (AvgIpc) is 1.85. The van der Waals surface area contributed by atoms with Gasteiger partial charge in [-0.25, -0.2) is 0 Å². The van der Waals surface area contributed by atoms with Crippen LogP contribution < -0.4 is 0 Å². The van der Waals surface area contributed by atoms with Crippen LogP contribution in [0.25, 0.3) is 0 Å². The first-order valence-corrected chi connectivity index (χ1v) is 4.16. The Morgan fingerprint density at radius 1 is 1.42 bits per heavy atom. The first-order chi connectivity index (χ1) is 5.25. The number of ketones is 1. The highest BCUT2D eigenvalue weighted by atomic mass is 16.7. The molecule has 0 rings (SSSR count). The van der Waals surface area contributed by atoms with Crippen molar-refractivity contribution in [1.29, 1.82) is 0 Å². The van der Waals surface area contributed by atoms with Gasteiger partial charge in [-0.05, 0) is 34.6 Å². The zero-order valence-corrected chi connectivity index (χ0v) is 8.84. The van der Waals surface area contributed by atoms with Crippen molar-refractivity contribution in [3.8, 4) is 0 Å². The zero-order chi connectivity index (χ0) is 9.94. The van der Waals surface area contributed by atoms with E-state index in [0.717, 1.165) is 0 Å². The smallest absolute Gasteiger partial charge is 0.160 e. The molecule has 12 heavy (non-hydrogen) atoms. The van der Waals surface area contributed by atoms with E-state index in [0.29, 0.717) is 0 Å². The summed E-state index contributed by atoms with van der Waals surface area (Å²) in [5, 5.41) is 1.71. The maximum absolute atomic E-state index is 10.9. The minimum absolute atomic E-state index is 0.0473. The van der Waals surface area contributed by atoms with Gasteiger partial charge in [-0.15, -0.1) is 0 Å². The van der Waals surface area contributed by atoms with Crippen LogP contribution in [0.4, 0.5) is 0 Å². The Morgan fingerprint density at radius 2 is 1.83 bits per heavy atom. The van der Waals surface area contributed by atoms with E-state index in [9.17, 15) is 4.79 Å². The molecule has 0 saturated carbocycles. The molecule has 0 spiro atoms. The Bertz CT molecular complexity index is 160. The molecular formula is C9H19NO2. The Labute approximate surface area is 74.6 Å². The van der Waals surface area contributed by atoms with Crippen molar-refractivity contribution in [2.24, 2.45) is 0 Å². The highest BCUT2D eigenvalue weighted by Crippen LogP contribution is 2.12. The Hall–Kier alpha value is -0.410. The summed E-state index contributed by atoms with van der Waals surface area (Å²) in [6.45, 7) is 9.37. The number of rotatable bonds is 3. The molecule has 1 atom stereocenters. The number of hydrogen-bond donors (Lipinski definition) is 0. The summed E-state index contributed by atoms with van der Waals surface area (Å²) in [7, 11) is 1.83. The molecule has 0 aliphatic carbocycles. The topological polar surface area (TPSA) is 29.5 Å². The molecule has 0 aromatic carbocycles. The summed E-state index contributed by atoms with van der Waals surface area (Å²) in [5.74, 6) is 0.0473. The first-order valence-electron chi connectivity index (χ1n) is 4.16. The highest BCUT2D eigenvalue weighted by Gasteiger charge is 2.21. The van der Waals surface area contributed by atoms with Crippen LogP contribution in [0.15, 0.2) is 0 Å². The maximum Gasteiger partial charge on any atom is 0.160 e. The molecule has 0 aliphatic heterocycles. The quantitative estimate of drug-likeness (QED) is 0.607. The summed E-state index contributed by atoms with van der Waals surface area (Å²) in [5.41, 5.74) is -0.0658. The van der Waals surface area contributed by atoms with Gasteiger partial charge in [0.1, 0.15) is 6.10 Å². The lowest BCUT2D eigenvalue weighted by Gasteiger charge is -2.32. The van der Waals surface area contributed by atoms with Gasteiger partial charge in [0, 0.05) is 12.6 Å². The zero-order valence-electron chi connectivity index (χ0n) is 8.84. The van der Waals surface area contributed by atoms with E-state index in [1.54, 1.807) is 12.0 Å². The van der Waals surface area contributed by atoms with E-state index < -0.39 is 0 Å². The Kier molecular flexibility index (Phi) is 3.87. The molecule has 0 saturated heterocycles. The predicted molar refractivity (Wildman–Crippen MR) is 48.7 cm³/mol. The SMILES string of the molecule is CC(=O)C(C)ON(C)C(C)(C)C. The first kappa shape index (κ1) is 11.6. The molecule has 0 aromatic heterocycles. The van der Waals surface area contributed by atoms with Crippen LogP contribution in [0.5, 0.6) is 0 Å². The molecule has 3 nitrogen and oxygen atoms in total. The second-order valence-corrected chi connectivity index (χ2v) is 4.03. The van der Waals surface area contributed by atoms with Crippen molar-refractivity contribution in [3.63, 3.8) is 0 Å². The van der Waals surface area contributed by atoms with Crippen molar-refractivity contribution >= 4 is 5.78 Å². The van der Waals surface area contributed by atoms with Crippen LogP contribution in [-0.2, 0) is 9.63 Å². The lowest BCUT2D eigenvalue weighted by Crippen LogP contribution is -2.41. The van der Waals surface area contributed by atoms with Crippen molar-refractivity contribution < 1.29 is 9.63 Å². The fourth-order valence-electron chi connectivity index (χ4n) is 0.470. The summed E-state index contributed by atoms with van der Waals surface area (Å²) >= 11 is 0. The normalized spacial score (nSPS) is 14.9. The monoisotopic (exact) mass is 173 g/mol. The van der Waals surface area contributed by atoms with Gasteiger partial charge in [-0.2, -0.15) is 5.06 Å². The van der Waals surface area contributed by atoms with E-state index in [1.165, 1.54) is 6.92 Å². The third-order valence-electron chi connectivity index (χ3n) is 1.83. The number of hydrogen-bond acceptors (Lipinski definition) is 3. The second-order valence-electron chi connectivity index (χ2n) is 4.03. The molecule has 0 radical (unpaired) electrons. The van der Waals surface area contributed by atoms with Gasteiger partial charge in [0.05, 0.1) is 0 Å². The molecule has 3 heteroatoms. The van der Waals surface area contributed by atoms with Gasteiger partial charge in [-0.3, -0.25) is 9.63 Å². The fourth-order valence-corrected chi connectivity index (χ4v) is 0.470. The standard InChI is InChI=1S/C9H19NO2/c1-7(11)8(2)12-10(6)9(3,4)5/h8H,1-6H3. The molecule has 0 bridgehead atoms. The molecule has 0 aliphatic rings. The van der Waals surface area contributed by atoms with Gasteiger partial charge in [0.2, 0.25) is 0 Å². The largest absolute Gasteiger partial charge is 0.297 e. The number of carbonyl (C=O) groups is 1. The fraction of sp³-hybridized carbons (Fsp3) is 0.889. The van der Waals surface area contributed by atoms with Crippen LogP contribution >= 0.6 is 0 Å². The van der Waals surface area contributed by atoms with Gasteiger partial charge in [0.15, 0.2) is 5.78 Å². The second kappa shape index (κ2) is 4.01.